The van der Waals surface area contributed by atoms with Crippen molar-refractivity contribution in [1.82, 2.24) is 19.9 Å². The number of hydrogen-bond acceptors (Lipinski definition) is 7. The lowest BCUT2D eigenvalue weighted by Crippen LogP contribution is -2.28. The summed E-state index contributed by atoms with van der Waals surface area (Å²) < 4.78 is 4.65. The molecule has 0 fully saturated rings. The number of ether oxygens (including phenoxy) is 1. The summed E-state index contributed by atoms with van der Waals surface area (Å²) in [4.78, 5) is 38.8. The molecule has 3 heterocycles. The predicted molar refractivity (Wildman–Crippen MR) is 108 cm³/mol. The standard InChI is InChI=1S/C20H21N5O4/c1-20(2,3)18(28)25-19-23-15-13(16(26)24-19)7-11(10-22-15)5-6-12-8-14(21-9-12)17(27)29-4/h5-10,21H,1-4H3,(H2,22,23,24,25,26,28)/b6-5+. The molecule has 0 spiro atoms. The Bertz CT molecular complexity index is 1110. The van der Waals surface area contributed by atoms with E-state index in [2.05, 4.69) is 30.0 Å². The Morgan fingerprint density at radius 2 is 1.90 bits per heavy atom. The van der Waals surface area contributed by atoms with Crippen molar-refractivity contribution in [3.63, 3.8) is 0 Å². The van der Waals surface area contributed by atoms with Gasteiger partial charge in [0, 0.05) is 17.8 Å². The molecule has 9 nitrogen and oxygen atoms in total. The summed E-state index contributed by atoms with van der Waals surface area (Å²) in [5, 5.41) is 13.2. The fraction of sp³-hybridized carbons (Fsp3) is 0.250. The molecule has 0 saturated heterocycles. The summed E-state index contributed by atoms with van der Waals surface area (Å²) in [6.45, 7) is 5.29. The molecule has 3 N–H and O–H groups in total. The van der Waals surface area contributed by atoms with E-state index < -0.39 is 11.4 Å². The van der Waals surface area contributed by atoms with Gasteiger partial charge in [-0.25, -0.2) is 9.78 Å². The van der Waals surface area contributed by atoms with Crippen LogP contribution in [-0.2, 0) is 9.53 Å². The van der Waals surface area contributed by atoms with Gasteiger partial charge >= 0.3 is 5.97 Å². The molecule has 0 aliphatic rings. The molecule has 9 heteroatoms. The third-order valence-corrected chi connectivity index (χ3v) is 4.04. The first kappa shape index (κ1) is 20.0. The molecule has 29 heavy (non-hydrogen) atoms. The Balaban J connectivity index is 1.84. The molecule has 0 radical (unpaired) electrons. The van der Waals surface area contributed by atoms with E-state index in [1.165, 1.54) is 7.11 Å². The molecule has 0 atom stereocenters. The molecule has 0 bridgehead atoms. The average molecular weight is 395 g/mol. The van der Waals surface area contributed by atoms with E-state index in [4.69, 9.17) is 0 Å². The second-order valence-electron chi connectivity index (χ2n) is 7.39. The minimum Gasteiger partial charge on any atom is -0.493 e. The number of H-pyrrole nitrogens is 1. The topological polar surface area (TPSA) is 130 Å². The average Bonchev–Trinajstić information content (AvgIpc) is 3.14. The highest BCUT2D eigenvalue weighted by molar-refractivity contribution is 5.94. The summed E-state index contributed by atoms with van der Waals surface area (Å²) in [5.74, 6) is -1.01. The first-order valence-electron chi connectivity index (χ1n) is 8.80. The Hall–Kier alpha value is -3.75. The number of anilines is 1. The van der Waals surface area contributed by atoms with Crippen LogP contribution in [-0.4, -0.2) is 44.0 Å². The maximum atomic E-state index is 12.1. The number of methoxy groups -OCH3 is 1. The number of carbonyl (C=O) groups is 2. The molecule has 0 unspecified atom stereocenters. The number of carbonyl (C=O) groups excluding carboxylic acids is 2. The molecule has 3 rings (SSSR count). The van der Waals surface area contributed by atoms with Gasteiger partial charge in [-0.1, -0.05) is 32.9 Å². The van der Waals surface area contributed by atoms with E-state index in [1.807, 2.05) is 0 Å². The van der Waals surface area contributed by atoms with Crippen LogP contribution >= 0.6 is 0 Å². The number of pyridine rings is 1. The number of nitrogens with one attached hydrogen (secondary N) is 2. The van der Waals surface area contributed by atoms with Crippen molar-refractivity contribution in [1.29, 1.82) is 0 Å². The van der Waals surface area contributed by atoms with Gasteiger partial charge < -0.3 is 14.8 Å². The van der Waals surface area contributed by atoms with Gasteiger partial charge in [0.05, 0.1) is 12.5 Å². The van der Waals surface area contributed by atoms with E-state index in [-0.39, 0.29) is 23.4 Å². The van der Waals surface area contributed by atoms with E-state index >= 15 is 0 Å². The van der Waals surface area contributed by atoms with Crippen LogP contribution in [0, 0.1) is 5.41 Å². The lowest BCUT2D eigenvalue weighted by molar-refractivity contribution is -0.123. The summed E-state index contributed by atoms with van der Waals surface area (Å²) in [6, 6.07) is 3.33. The molecule has 1 amide bonds. The van der Waals surface area contributed by atoms with Crippen molar-refractivity contribution < 1.29 is 19.4 Å². The second-order valence-corrected chi connectivity index (χ2v) is 7.39. The summed E-state index contributed by atoms with van der Waals surface area (Å²) in [5.41, 5.74) is 1.45. The number of fused-ring (bicyclic) bond motifs is 1. The summed E-state index contributed by atoms with van der Waals surface area (Å²) >= 11 is 0. The number of amides is 1. The first-order valence-corrected chi connectivity index (χ1v) is 8.80. The molecule has 0 aliphatic heterocycles. The monoisotopic (exact) mass is 395 g/mol. The van der Waals surface area contributed by atoms with E-state index in [0.717, 1.165) is 5.56 Å². The molecule has 0 aromatic carbocycles. The first-order chi connectivity index (χ1) is 13.7. The molecule has 0 aliphatic carbocycles. The normalized spacial score (nSPS) is 11.7. The van der Waals surface area contributed by atoms with Gasteiger partial charge in [0.2, 0.25) is 17.7 Å². The third-order valence-electron chi connectivity index (χ3n) is 4.04. The van der Waals surface area contributed by atoms with Crippen LogP contribution in [0.25, 0.3) is 23.2 Å². The van der Waals surface area contributed by atoms with Gasteiger partial charge in [0.15, 0.2) is 5.65 Å². The van der Waals surface area contributed by atoms with E-state index in [9.17, 15) is 14.7 Å². The Labute approximate surface area is 166 Å². The van der Waals surface area contributed by atoms with Crippen LogP contribution in [0.15, 0.2) is 24.5 Å². The van der Waals surface area contributed by atoms with Crippen molar-refractivity contribution in [2.75, 3.05) is 12.4 Å². The lowest BCUT2D eigenvalue weighted by Gasteiger charge is -2.16. The quantitative estimate of drug-likeness (QED) is 0.579. The van der Waals surface area contributed by atoms with Crippen molar-refractivity contribution >= 4 is 41.0 Å². The minimum absolute atomic E-state index is 0.00613. The zero-order chi connectivity index (χ0) is 21.2. The van der Waals surface area contributed by atoms with Crippen LogP contribution in [0.1, 0.15) is 42.4 Å². The highest BCUT2D eigenvalue weighted by Gasteiger charge is 2.22. The SMILES string of the molecule is COC(=O)c1cc(/C=C/c2cnc3nc(NC(=O)C(C)(C)C)nc(O)c3c2)c[nH]1. The lowest BCUT2D eigenvalue weighted by atomic mass is 9.96. The minimum atomic E-state index is -0.623. The van der Waals surface area contributed by atoms with Gasteiger partial charge in [0.1, 0.15) is 5.69 Å². The number of aromatic nitrogens is 4. The van der Waals surface area contributed by atoms with E-state index in [0.29, 0.717) is 16.6 Å². The van der Waals surface area contributed by atoms with Crippen LogP contribution in [0.4, 0.5) is 5.95 Å². The fourth-order valence-corrected chi connectivity index (χ4v) is 2.38. The molecular weight excluding hydrogens is 374 g/mol. The molecule has 0 saturated carbocycles. The number of aromatic amines is 1. The van der Waals surface area contributed by atoms with Crippen LogP contribution in [0.5, 0.6) is 5.88 Å². The highest BCUT2D eigenvalue weighted by atomic mass is 16.5. The van der Waals surface area contributed by atoms with Gasteiger partial charge in [-0.3, -0.25) is 10.1 Å². The Kier molecular flexibility index (Phi) is 5.31. The maximum Gasteiger partial charge on any atom is 0.354 e. The molecule has 3 aromatic rings. The van der Waals surface area contributed by atoms with Crippen molar-refractivity contribution in [2.24, 2.45) is 5.41 Å². The van der Waals surface area contributed by atoms with Gasteiger partial charge in [-0.05, 0) is 23.3 Å². The predicted octanol–water partition coefficient (Wildman–Crippen LogP) is 3.00. The molecular formula is C20H21N5O4. The van der Waals surface area contributed by atoms with Crippen molar-refractivity contribution in [3.05, 3.63) is 41.3 Å². The van der Waals surface area contributed by atoms with Crippen LogP contribution in [0.3, 0.4) is 0 Å². The van der Waals surface area contributed by atoms with Crippen LogP contribution < -0.4 is 5.32 Å². The maximum absolute atomic E-state index is 12.1. The van der Waals surface area contributed by atoms with Crippen LogP contribution in [0.2, 0.25) is 0 Å². The Morgan fingerprint density at radius 3 is 2.59 bits per heavy atom. The van der Waals surface area contributed by atoms with Crippen molar-refractivity contribution in [3.8, 4) is 5.88 Å². The number of aromatic hydroxyl groups is 1. The smallest absolute Gasteiger partial charge is 0.354 e. The molecule has 3 aromatic heterocycles. The van der Waals surface area contributed by atoms with Gasteiger partial charge in [-0.2, -0.15) is 9.97 Å². The van der Waals surface area contributed by atoms with Crippen molar-refractivity contribution in [2.45, 2.75) is 20.8 Å². The second kappa shape index (κ2) is 7.70. The van der Waals surface area contributed by atoms with E-state index in [1.54, 1.807) is 57.4 Å². The number of rotatable bonds is 4. The number of esters is 1. The highest BCUT2D eigenvalue weighted by Crippen LogP contribution is 2.24. The largest absolute Gasteiger partial charge is 0.493 e. The van der Waals surface area contributed by atoms with Gasteiger partial charge in [0.25, 0.3) is 0 Å². The number of nitrogens with zero attached hydrogens (tertiary/aromatic N) is 3. The number of hydrogen-bond donors (Lipinski definition) is 3. The summed E-state index contributed by atoms with van der Waals surface area (Å²) in [7, 11) is 1.31. The fourth-order valence-electron chi connectivity index (χ4n) is 2.38. The third kappa shape index (κ3) is 4.57. The Morgan fingerprint density at radius 1 is 1.17 bits per heavy atom. The summed E-state index contributed by atoms with van der Waals surface area (Å²) in [6.07, 6.45) is 6.80. The zero-order valence-electron chi connectivity index (χ0n) is 16.5. The molecule has 150 valence electrons. The van der Waals surface area contributed by atoms with Gasteiger partial charge in [-0.15, -0.1) is 0 Å². The zero-order valence-corrected chi connectivity index (χ0v) is 16.5.